The Morgan fingerprint density at radius 2 is 1.81 bits per heavy atom. The lowest BCUT2D eigenvalue weighted by atomic mass is 10.1. The molecule has 0 heterocycles. The molecule has 0 spiro atoms. The van der Waals surface area contributed by atoms with E-state index in [2.05, 4.69) is 10.6 Å². The summed E-state index contributed by atoms with van der Waals surface area (Å²) >= 11 is 5.87. The van der Waals surface area contributed by atoms with E-state index in [1.165, 1.54) is 12.1 Å². The lowest BCUT2D eigenvalue weighted by Crippen LogP contribution is -2.87. The minimum Gasteiger partial charge on any atom is -0.383 e. The van der Waals surface area contributed by atoms with Crippen LogP contribution in [0.15, 0.2) is 48.5 Å². The van der Waals surface area contributed by atoms with Crippen molar-refractivity contribution in [2.75, 3.05) is 25.0 Å². The predicted octanol–water partition coefficient (Wildman–Crippen LogP) is 2.10. The molecule has 2 aromatic carbocycles. The number of halogens is 1. The molecule has 1 atom stereocenters. The van der Waals surface area contributed by atoms with Gasteiger partial charge in [0, 0.05) is 41.5 Å². The maximum absolute atomic E-state index is 11.9. The van der Waals surface area contributed by atoms with Crippen molar-refractivity contribution >= 4 is 28.9 Å². The number of nitrogens with zero attached hydrogens (tertiary/aromatic N) is 1. The molecule has 0 radical (unpaired) electrons. The zero-order valence-electron chi connectivity index (χ0n) is 14.4. The smallest absolute Gasteiger partial charge is 0.275 e. The highest BCUT2D eigenvalue weighted by Crippen LogP contribution is 2.15. The van der Waals surface area contributed by atoms with E-state index in [9.17, 15) is 14.9 Å². The van der Waals surface area contributed by atoms with Crippen LogP contribution in [0.25, 0.3) is 0 Å². The van der Waals surface area contributed by atoms with Crippen molar-refractivity contribution in [2.24, 2.45) is 0 Å². The molecular weight excluding hydrogens is 356 g/mol. The summed E-state index contributed by atoms with van der Waals surface area (Å²) in [7, 11) is 0. The van der Waals surface area contributed by atoms with Gasteiger partial charge in [-0.2, -0.15) is 0 Å². The van der Waals surface area contributed by atoms with Crippen molar-refractivity contribution in [1.82, 2.24) is 5.32 Å². The standard InChI is InChI=1S/C18H21ClN4O3/c1-13(14-2-4-15(19)5-3-14)22-12-18(24)21-11-10-20-16-6-8-17(9-7-16)23(25)26/h2-9,13,20,22H,10-12H2,1H3,(H,21,24)/p+1/t13-/m0/s1. The van der Waals surface area contributed by atoms with E-state index in [0.29, 0.717) is 24.7 Å². The average Bonchev–Trinajstić information content (AvgIpc) is 2.64. The van der Waals surface area contributed by atoms with Gasteiger partial charge in [0.1, 0.15) is 6.04 Å². The molecule has 0 aliphatic heterocycles. The van der Waals surface area contributed by atoms with Gasteiger partial charge in [-0.15, -0.1) is 0 Å². The van der Waals surface area contributed by atoms with Crippen LogP contribution in [0.4, 0.5) is 11.4 Å². The number of carbonyl (C=O) groups excluding carboxylic acids is 1. The van der Waals surface area contributed by atoms with Crippen LogP contribution in [0.1, 0.15) is 18.5 Å². The Bertz CT molecular complexity index is 735. The van der Waals surface area contributed by atoms with Crippen LogP contribution >= 0.6 is 11.6 Å². The van der Waals surface area contributed by atoms with E-state index in [1.54, 1.807) is 12.1 Å². The highest BCUT2D eigenvalue weighted by atomic mass is 35.5. The fourth-order valence-corrected chi connectivity index (χ4v) is 2.49. The second-order valence-electron chi connectivity index (χ2n) is 5.86. The molecule has 0 fully saturated rings. The summed E-state index contributed by atoms with van der Waals surface area (Å²) in [4.78, 5) is 22.0. The van der Waals surface area contributed by atoms with Crippen LogP contribution in [0.5, 0.6) is 0 Å². The number of amides is 1. The summed E-state index contributed by atoms with van der Waals surface area (Å²) in [6, 6.07) is 13.9. The largest absolute Gasteiger partial charge is 0.383 e. The molecule has 1 amide bonds. The van der Waals surface area contributed by atoms with Crippen molar-refractivity contribution in [3.63, 3.8) is 0 Å². The third kappa shape index (κ3) is 6.34. The number of quaternary nitrogens is 1. The van der Waals surface area contributed by atoms with Crippen LogP contribution < -0.4 is 16.0 Å². The normalized spacial score (nSPS) is 11.6. The maximum atomic E-state index is 11.9. The van der Waals surface area contributed by atoms with Gasteiger partial charge in [-0.05, 0) is 31.2 Å². The molecule has 0 aliphatic carbocycles. The minimum absolute atomic E-state index is 0.0451. The van der Waals surface area contributed by atoms with Crippen LogP contribution in [-0.4, -0.2) is 30.5 Å². The van der Waals surface area contributed by atoms with E-state index < -0.39 is 4.92 Å². The first kappa shape index (κ1) is 19.7. The summed E-state index contributed by atoms with van der Waals surface area (Å²) < 4.78 is 0. The van der Waals surface area contributed by atoms with Crippen molar-refractivity contribution in [2.45, 2.75) is 13.0 Å². The Labute approximate surface area is 156 Å². The monoisotopic (exact) mass is 377 g/mol. The molecule has 4 N–H and O–H groups in total. The van der Waals surface area contributed by atoms with Crippen molar-refractivity contribution in [1.29, 1.82) is 0 Å². The molecule has 0 saturated heterocycles. The summed E-state index contributed by atoms with van der Waals surface area (Å²) in [5.41, 5.74) is 1.93. The summed E-state index contributed by atoms with van der Waals surface area (Å²) in [6.45, 7) is 3.38. The maximum Gasteiger partial charge on any atom is 0.275 e. The van der Waals surface area contributed by atoms with Gasteiger partial charge in [-0.1, -0.05) is 23.7 Å². The number of nitrogens with one attached hydrogen (secondary N) is 2. The zero-order chi connectivity index (χ0) is 18.9. The molecule has 0 unspecified atom stereocenters. The lowest BCUT2D eigenvalue weighted by molar-refractivity contribution is -0.682. The first-order valence-electron chi connectivity index (χ1n) is 8.29. The Morgan fingerprint density at radius 3 is 2.42 bits per heavy atom. The Kier molecular flexibility index (Phi) is 7.37. The molecule has 2 rings (SSSR count). The highest BCUT2D eigenvalue weighted by Gasteiger charge is 2.11. The number of anilines is 1. The number of nitro groups is 1. The second-order valence-corrected chi connectivity index (χ2v) is 6.30. The van der Waals surface area contributed by atoms with Gasteiger partial charge in [0.2, 0.25) is 0 Å². The molecule has 2 aromatic rings. The van der Waals surface area contributed by atoms with E-state index in [4.69, 9.17) is 11.6 Å². The molecule has 7 nitrogen and oxygen atoms in total. The van der Waals surface area contributed by atoms with Crippen LogP contribution in [0, 0.1) is 10.1 Å². The van der Waals surface area contributed by atoms with Gasteiger partial charge < -0.3 is 16.0 Å². The quantitative estimate of drug-likeness (QED) is 0.354. The SMILES string of the molecule is C[C@H]([NH2+]CC(=O)NCCNc1ccc([N+](=O)[O-])cc1)c1ccc(Cl)cc1. The van der Waals surface area contributed by atoms with Gasteiger partial charge in [-0.3, -0.25) is 14.9 Å². The summed E-state index contributed by atoms with van der Waals surface area (Å²) in [5.74, 6) is -0.0451. The number of hydrogen-bond donors (Lipinski definition) is 3. The van der Waals surface area contributed by atoms with Gasteiger partial charge in [0.25, 0.3) is 11.6 Å². The van der Waals surface area contributed by atoms with E-state index >= 15 is 0 Å². The third-order valence-electron chi connectivity index (χ3n) is 3.91. The van der Waals surface area contributed by atoms with E-state index in [1.807, 2.05) is 36.5 Å². The first-order valence-corrected chi connectivity index (χ1v) is 8.67. The topological polar surface area (TPSA) is 101 Å². The van der Waals surface area contributed by atoms with E-state index in [0.717, 1.165) is 11.3 Å². The number of non-ortho nitro benzene ring substituents is 1. The fraction of sp³-hybridized carbons (Fsp3) is 0.278. The van der Waals surface area contributed by atoms with Gasteiger partial charge in [0.15, 0.2) is 6.54 Å². The van der Waals surface area contributed by atoms with Gasteiger partial charge in [0.05, 0.1) is 4.92 Å². The average molecular weight is 378 g/mol. The molecule has 138 valence electrons. The molecule has 0 saturated carbocycles. The Morgan fingerprint density at radius 1 is 1.15 bits per heavy atom. The lowest BCUT2D eigenvalue weighted by Gasteiger charge is -2.12. The number of hydrogen-bond acceptors (Lipinski definition) is 4. The Hall–Kier alpha value is -2.64. The molecule has 0 bridgehead atoms. The minimum atomic E-state index is -0.439. The molecule has 0 aliphatic rings. The number of benzene rings is 2. The zero-order valence-corrected chi connectivity index (χ0v) is 15.2. The van der Waals surface area contributed by atoms with Crippen LogP contribution in [0.2, 0.25) is 5.02 Å². The molecular formula is C18H22ClN4O3+. The van der Waals surface area contributed by atoms with Crippen molar-refractivity contribution in [3.8, 4) is 0 Å². The van der Waals surface area contributed by atoms with E-state index in [-0.39, 0.29) is 17.6 Å². The van der Waals surface area contributed by atoms with Crippen LogP contribution in [-0.2, 0) is 4.79 Å². The number of rotatable bonds is 9. The number of carbonyl (C=O) groups is 1. The summed E-state index contributed by atoms with van der Waals surface area (Å²) in [5, 5.41) is 19.2. The third-order valence-corrected chi connectivity index (χ3v) is 4.16. The van der Waals surface area contributed by atoms with Crippen LogP contribution in [0.3, 0.4) is 0 Å². The summed E-state index contributed by atoms with van der Waals surface area (Å²) in [6.07, 6.45) is 0. The number of nitrogens with two attached hydrogens (primary N) is 1. The number of nitro benzene ring substituents is 1. The molecule has 8 heteroatoms. The van der Waals surface area contributed by atoms with Gasteiger partial charge in [-0.25, -0.2) is 0 Å². The molecule has 0 aromatic heterocycles. The molecule has 26 heavy (non-hydrogen) atoms. The predicted molar refractivity (Wildman–Crippen MR) is 101 cm³/mol. The fourth-order valence-electron chi connectivity index (χ4n) is 2.37. The highest BCUT2D eigenvalue weighted by molar-refractivity contribution is 6.30. The first-order chi connectivity index (χ1) is 12.5. The second kappa shape index (κ2) is 9.74. The van der Waals surface area contributed by atoms with Gasteiger partial charge >= 0.3 is 0 Å². The van der Waals surface area contributed by atoms with Crippen molar-refractivity contribution in [3.05, 3.63) is 69.2 Å². The van der Waals surface area contributed by atoms with Crippen molar-refractivity contribution < 1.29 is 15.0 Å². The Balaban J connectivity index is 1.64.